The lowest BCUT2D eigenvalue weighted by Crippen LogP contribution is -2.54. The summed E-state index contributed by atoms with van der Waals surface area (Å²) in [6.07, 6.45) is 3.21. The molecular formula is C16H20N4O3. The molecule has 0 aliphatic carbocycles. The van der Waals surface area contributed by atoms with E-state index in [-0.39, 0.29) is 18.1 Å². The molecule has 1 aliphatic heterocycles. The third kappa shape index (κ3) is 3.68. The normalized spacial score (nSPS) is 21.2. The van der Waals surface area contributed by atoms with Crippen LogP contribution in [-0.4, -0.2) is 46.4 Å². The highest BCUT2D eigenvalue weighted by atomic mass is 16.5. The van der Waals surface area contributed by atoms with Crippen molar-refractivity contribution in [2.24, 2.45) is 0 Å². The predicted octanol–water partition coefficient (Wildman–Crippen LogP) is 1.14. The van der Waals surface area contributed by atoms with E-state index in [9.17, 15) is 9.90 Å². The van der Waals surface area contributed by atoms with E-state index in [4.69, 9.17) is 4.52 Å². The number of nitrogens with one attached hydrogen (secondary N) is 1. The Labute approximate surface area is 134 Å². The van der Waals surface area contributed by atoms with Crippen molar-refractivity contribution in [3.05, 3.63) is 41.9 Å². The first-order valence-electron chi connectivity index (χ1n) is 7.66. The molecular weight excluding hydrogens is 296 g/mol. The fourth-order valence-corrected chi connectivity index (χ4v) is 2.80. The Morgan fingerprint density at radius 3 is 3.09 bits per heavy atom. The van der Waals surface area contributed by atoms with Crippen LogP contribution in [0.5, 0.6) is 0 Å². The summed E-state index contributed by atoms with van der Waals surface area (Å²) in [4.78, 5) is 18.4. The van der Waals surface area contributed by atoms with E-state index in [1.807, 2.05) is 23.1 Å². The number of anilines is 1. The highest BCUT2D eigenvalue weighted by molar-refractivity contribution is 5.92. The van der Waals surface area contributed by atoms with Gasteiger partial charge < -0.3 is 19.8 Å². The molecule has 2 aromatic heterocycles. The van der Waals surface area contributed by atoms with Gasteiger partial charge in [0.25, 0.3) is 5.91 Å². The molecule has 1 amide bonds. The zero-order valence-electron chi connectivity index (χ0n) is 13.0. The van der Waals surface area contributed by atoms with Gasteiger partial charge in [-0.25, -0.2) is 4.98 Å². The van der Waals surface area contributed by atoms with Crippen LogP contribution in [0.1, 0.15) is 29.1 Å². The molecule has 7 heteroatoms. The van der Waals surface area contributed by atoms with Crippen molar-refractivity contribution in [2.75, 3.05) is 24.5 Å². The molecule has 0 unspecified atom stereocenters. The molecule has 3 rings (SSSR count). The molecule has 3 heterocycles. The minimum absolute atomic E-state index is 0.168. The van der Waals surface area contributed by atoms with E-state index in [1.165, 1.54) is 0 Å². The minimum Gasteiger partial charge on any atom is -0.386 e. The number of carbonyl (C=O) groups is 1. The summed E-state index contributed by atoms with van der Waals surface area (Å²) < 4.78 is 4.89. The number of nitrogens with zero attached hydrogens (tertiary/aromatic N) is 3. The summed E-state index contributed by atoms with van der Waals surface area (Å²) in [6, 6.07) is 7.27. The number of aryl methyl sites for hydroxylation is 1. The van der Waals surface area contributed by atoms with Gasteiger partial charge in [0.15, 0.2) is 5.69 Å². The molecule has 1 saturated heterocycles. The van der Waals surface area contributed by atoms with Crippen LogP contribution in [0.25, 0.3) is 0 Å². The van der Waals surface area contributed by atoms with E-state index in [2.05, 4.69) is 15.5 Å². The Morgan fingerprint density at radius 1 is 1.52 bits per heavy atom. The van der Waals surface area contributed by atoms with E-state index in [1.54, 1.807) is 19.2 Å². The highest BCUT2D eigenvalue weighted by Crippen LogP contribution is 2.24. The zero-order valence-corrected chi connectivity index (χ0v) is 13.0. The third-order valence-electron chi connectivity index (χ3n) is 3.97. The maximum absolute atomic E-state index is 12.0. The van der Waals surface area contributed by atoms with Crippen molar-refractivity contribution in [3.8, 4) is 0 Å². The second-order valence-corrected chi connectivity index (χ2v) is 5.94. The Bertz CT molecular complexity index is 673. The summed E-state index contributed by atoms with van der Waals surface area (Å²) in [5.41, 5.74) is -0.756. The Morgan fingerprint density at radius 2 is 2.39 bits per heavy atom. The van der Waals surface area contributed by atoms with Crippen LogP contribution >= 0.6 is 0 Å². The Kier molecular flexibility index (Phi) is 4.29. The molecule has 0 saturated carbocycles. The number of amides is 1. The molecule has 2 N–H and O–H groups in total. The van der Waals surface area contributed by atoms with Crippen LogP contribution in [0.4, 0.5) is 5.82 Å². The number of hydrogen-bond donors (Lipinski definition) is 2. The van der Waals surface area contributed by atoms with E-state index < -0.39 is 5.60 Å². The standard InChI is InChI=1S/C16H20N4O3/c1-12-9-13(19-23-12)15(21)18-10-16(22)6-4-8-20(11-16)14-5-2-3-7-17-14/h2-3,5,7,9,22H,4,6,8,10-11H2,1H3,(H,18,21)/t16-/m0/s1. The second-order valence-electron chi connectivity index (χ2n) is 5.94. The van der Waals surface area contributed by atoms with Crippen LogP contribution in [0.3, 0.4) is 0 Å². The fourth-order valence-electron chi connectivity index (χ4n) is 2.80. The van der Waals surface area contributed by atoms with Crippen LogP contribution in [0, 0.1) is 6.92 Å². The molecule has 0 bridgehead atoms. The number of pyridine rings is 1. The van der Waals surface area contributed by atoms with Crippen molar-refractivity contribution >= 4 is 11.7 Å². The topological polar surface area (TPSA) is 91.5 Å². The molecule has 1 atom stereocenters. The maximum Gasteiger partial charge on any atom is 0.273 e. The monoisotopic (exact) mass is 316 g/mol. The summed E-state index contributed by atoms with van der Waals surface area (Å²) in [5, 5.41) is 17.2. The smallest absolute Gasteiger partial charge is 0.273 e. The van der Waals surface area contributed by atoms with Crippen molar-refractivity contribution in [2.45, 2.75) is 25.4 Å². The average molecular weight is 316 g/mol. The molecule has 7 nitrogen and oxygen atoms in total. The van der Waals surface area contributed by atoms with E-state index in [0.29, 0.717) is 18.7 Å². The number of rotatable bonds is 4. The molecule has 122 valence electrons. The number of β-amino-alcohol motifs (C(OH)–C–C–N with tert-alkyl or cyclic N) is 1. The lowest BCUT2D eigenvalue weighted by Gasteiger charge is -2.39. The van der Waals surface area contributed by atoms with Crippen molar-refractivity contribution < 1.29 is 14.4 Å². The molecule has 2 aromatic rings. The number of aromatic nitrogens is 2. The summed E-state index contributed by atoms with van der Waals surface area (Å²) >= 11 is 0. The SMILES string of the molecule is Cc1cc(C(=O)NC[C@@]2(O)CCCN(c3ccccn3)C2)no1. The molecule has 0 aromatic carbocycles. The van der Waals surface area contributed by atoms with Crippen molar-refractivity contribution in [3.63, 3.8) is 0 Å². The van der Waals surface area contributed by atoms with Crippen LogP contribution in [0.15, 0.2) is 35.0 Å². The Hall–Kier alpha value is -2.41. The van der Waals surface area contributed by atoms with E-state index in [0.717, 1.165) is 18.8 Å². The van der Waals surface area contributed by atoms with Crippen LogP contribution in [-0.2, 0) is 0 Å². The van der Waals surface area contributed by atoms with Gasteiger partial charge in [0, 0.05) is 31.9 Å². The molecule has 23 heavy (non-hydrogen) atoms. The number of carbonyl (C=O) groups excluding carboxylic acids is 1. The largest absolute Gasteiger partial charge is 0.386 e. The zero-order chi connectivity index (χ0) is 16.3. The lowest BCUT2D eigenvalue weighted by atomic mass is 9.92. The van der Waals surface area contributed by atoms with Crippen molar-refractivity contribution in [1.82, 2.24) is 15.5 Å². The third-order valence-corrected chi connectivity index (χ3v) is 3.97. The quantitative estimate of drug-likeness (QED) is 0.879. The molecule has 1 aliphatic rings. The second kappa shape index (κ2) is 6.37. The van der Waals surface area contributed by atoms with Gasteiger partial charge in [-0.2, -0.15) is 0 Å². The highest BCUT2D eigenvalue weighted by Gasteiger charge is 2.34. The van der Waals surface area contributed by atoms with Gasteiger partial charge in [-0.15, -0.1) is 0 Å². The lowest BCUT2D eigenvalue weighted by molar-refractivity contribution is 0.0253. The average Bonchev–Trinajstić information content (AvgIpc) is 3.00. The van der Waals surface area contributed by atoms with Gasteiger partial charge in [0.05, 0.1) is 5.60 Å². The minimum atomic E-state index is -0.982. The summed E-state index contributed by atoms with van der Waals surface area (Å²) in [7, 11) is 0. The van der Waals surface area contributed by atoms with Crippen LogP contribution in [0.2, 0.25) is 0 Å². The Balaban J connectivity index is 1.61. The molecule has 1 fully saturated rings. The first kappa shape index (κ1) is 15.5. The van der Waals surface area contributed by atoms with Gasteiger partial charge in [0.2, 0.25) is 0 Å². The van der Waals surface area contributed by atoms with Gasteiger partial charge in [-0.05, 0) is 31.9 Å². The van der Waals surface area contributed by atoms with Gasteiger partial charge in [-0.3, -0.25) is 4.79 Å². The van der Waals surface area contributed by atoms with Gasteiger partial charge in [0.1, 0.15) is 11.6 Å². The van der Waals surface area contributed by atoms with Gasteiger partial charge in [-0.1, -0.05) is 11.2 Å². The summed E-state index contributed by atoms with van der Waals surface area (Å²) in [5.74, 6) is 1.07. The first-order valence-corrected chi connectivity index (χ1v) is 7.66. The number of hydrogen-bond acceptors (Lipinski definition) is 6. The first-order chi connectivity index (χ1) is 11.1. The van der Waals surface area contributed by atoms with Crippen molar-refractivity contribution in [1.29, 1.82) is 0 Å². The number of piperidine rings is 1. The van der Waals surface area contributed by atoms with E-state index >= 15 is 0 Å². The molecule has 0 spiro atoms. The maximum atomic E-state index is 12.0. The van der Waals surface area contributed by atoms with Crippen LogP contribution < -0.4 is 10.2 Å². The summed E-state index contributed by atoms with van der Waals surface area (Å²) in [6.45, 7) is 3.17. The fraction of sp³-hybridized carbons (Fsp3) is 0.438. The predicted molar refractivity (Wildman–Crippen MR) is 84.2 cm³/mol. The van der Waals surface area contributed by atoms with Gasteiger partial charge >= 0.3 is 0 Å². The number of aliphatic hydroxyl groups is 1. The molecule has 0 radical (unpaired) electrons.